The van der Waals surface area contributed by atoms with E-state index in [1.165, 1.54) is 6.92 Å². The number of hydrogen-bond acceptors (Lipinski definition) is 5. The Morgan fingerprint density at radius 2 is 1.15 bits per heavy atom. The van der Waals surface area contributed by atoms with Crippen LogP contribution in [0.1, 0.15) is 5.56 Å². The third kappa shape index (κ3) is 2.75. The second-order valence-corrected chi connectivity index (χ2v) is 5.67. The van der Waals surface area contributed by atoms with Crippen LogP contribution in [0.25, 0.3) is 22.3 Å². The Hall–Kier alpha value is -3.74. The lowest BCUT2D eigenvalue weighted by atomic mass is 9.89. The van der Waals surface area contributed by atoms with Crippen LogP contribution in [0.3, 0.4) is 0 Å². The van der Waals surface area contributed by atoms with Gasteiger partial charge in [0.05, 0.1) is 21.0 Å². The first kappa shape index (κ1) is 17.1. The summed E-state index contributed by atoms with van der Waals surface area (Å²) in [4.78, 5) is 21.7. The molecule has 0 unspecified atom stereocenters. The Morgan fingerprint density at radius 3 is 1.58 bits per heavy atom. The molecule has 0 aliphatic carbocycles. The summed E-state index contributed by atoms with van der Waals surface area (Å²) in [6.45, 7) is 1.31. The maximum Gasteiger partial charge on any atom is 0.354 e. The lowest BCUT2D eigenvalue weighted by Crippen LogP contribution is -2.04. The molecule has 0 saturated carbocycles. The highest BCUT2D eigenvalue weighted by atomic mass is 16.6. The molecule has 0 aliphatic heterocycles. The molecule has 26 heavy (non-hydrogen) atoms. The van der Waals surface area contributed by atoms with Crippen LogP contribution in [-0.4, -0.2) is 15.0 Å². The molecule has 0 fully saturated rings. The first-order valence-corrected chi connectivity index (χ1v) is 7.72. The monoisotopic (exact) mass is 350 g/mol. The molecule has 0 amide bonds. The van der Waals surface area contributed by atoms with Crippen LogP contribution in [0.5, 0.6) is 5.75 Å². The van der Waals surface area contributed by atoms with E-state index in [9.17, 15) is 25.3 Å². The minimum Gasteiger partial charge on any atom is -0.507 e. The summed E-state index contributed by atoms with van der Waals surface area (Å²) in [5, 5.41) is 34.0. The van der Waals surface area contributed by atoms with Gasteiger partial charge in [0.1, 0.15) is 5.75 Å². The summed E-state index contributed by atoms with van der Waals surface area (Å²) < 4.78 is 0. The maximum atomic E-state index is 11.8. The summed E-state index contributed by atoms with van der Waals surface area (Å²) in [7, 11) is 0. The molecule has 0 aromatic heterocycles. The van der Waals surface area contributed by atoms with Crippen LogP contribution >= 0.6 is 0 Å². The molecule has 3 rings (SSSR count). The molecule has 0 atom stereocenters. The van der Waals surface area contributed by atoms with Crippen LogP contribution < -0.4 is 0 Å². The summed E-state index contributed by atoms with van der Waals surface area (Å²) in [5.41, 5.74) is -0.300. The van der Waals surface area contributed by atoms with E-state index in [0.717, 1.165) is 0 Å². The number of nitrogens with zero attached hydrogens (tertiary/aromatic N) is 2. The van der Waals surface area contributed by atoms with Crippen LogP contribution in [0.2, 0.25) is 0 Å². The van der Waals surface area contributed by atoms with Crippen LogP contribution in [0, 0.1) is 27.2 Å². The summed E-state index contributed by atoms with van der Waals surface area (Å²) in [6.07, 6.45) is 0. The Labute approximate surface area is 148 Å². The first-order chi connectivity index (χ1) is 12.4. The van der Waals surface area contributed by atoms with E-state index in [2.05, 4.69) is 0 Å². The summed E-state index contributed by atoms with van der Waals surface area (Å²) >= 11 is 0. The van der Waals surface area contributed by atoms with Crippen molar-refractivity contribution in [2.45, 2.75) is 6.92 Å². The number of phenols is 1. The van der Waals surface area contributed by atoms with Gasteiger partial charge in [-0.1, -0.05) is 60.7 Å². The van der Waals surface area contributed by atoms with E-state index in [-0.39, 0.29) is 22.4 Å². The lowest BCUT2D eigenvalue weighted by molar-refractivity contribution is -0.422. The van der Waals surface area contributed by atoms with E-state index in [4.69, 9.17) is 0 Å². The molecule has 1 N–H and O–H groups in total. The molecule has 3 aromatic rings. The SMILES string of the molecule is Cc1c(O)c(-c2ccccc2)c(-c2ccccc2)c([N+](=O)[O-])c1[N+](=O)[O-]. The molecule has 0 saturated heterocycles. The van der Waals surface area contributed by atoms with Gasteiger partial charge in [-0.25, -0.2) is 0 Å². The van der Waals surface area contributed by atoms with E-state index in [1.54, 1.807) is 60.7 Å². The normalized spacial score (nSPS) is 10.5. The van der Waals surface area contributed by atoms with Crippen molar-refractivity contribution < 1.29 is 15.0 Å². The highest BCUT2D eigenvalue weighted by molar-refractivity contribution is 5.97. The molecule has 0 radical (unpaired) electrons. The van der Waals surface area contributed by atoms with Gasteiger partial charge in [0.25, 0.3) is 0 Å². The van der Waals surface area contributed by atoms with Crippen LogP contribution in [-0.2, 0) is 0 Å². The average Bonchev–Trinajstić information content (AvgIpc) is 2.64. The Morgan fingerprint density at radius 1 is 0.731 bits per heavy atom. The van der Waals surface area contributed by atoms with E-state index in [1.807, 2.05) is 0 Å². The van der Waals surface area contributed by atoms with Crippen molar-refractivity contribution in [3.05, 3.63) is 86.5 Å². The number of rotatable bonds is 4. The third-order valence-electron chi connectivity index (χ3n) is 4.15. The van der Waals surface area contributed by atoms with Crippen molar-refractivity contribution in [2.75, 3.05) is 0 Å². The molecule has 130 valence electrons. The fraction of sp³-hybridized carbons (Fsp3) is 0.0526. The smallest absolute Gasteiger partial charge is 0.354 e. The number of aromatic hydroxyl groups is 1. The van der Waals surface area contributed by atoms with Gasteiger partial charge in [-0.15, -0.1) is 0 Å². The number of phenolic OH excluding ortho intramolecular Hbond substituents is 1. The molecule has 0 bridgehead atoms. The Kier molecular flexibility index (Phi) is 4.36. The zero-order valence-electron chi connectivity index (χ0n) is 13.7. The minimum atomic E-state index is -0.825. The predicted octanol–water partition coefficient (Wildman–Crippen LogP) is 4.85. The first-order valence-electron chi connectivity index (χ1n) is 7.72. The quantitative estimate of drug-likeness (QED) is 0.534. The van der Waals surface area contributed by atoms with Gasteiger partial charge in [-0.3, -0.25) is 20.2 Å². The van der Waals surface area contributed by atoms with Gasteiger partial charge in [0, 0.05) is 5.56 Å². The third-order valence-corrected chi connectivity index (χ3v) is 4.15. The van der Waals surface area contributed by atoms with Gasteiger partial charge in [0.2, 0.25) is 0 Å². The maximum absolute atomic E-state index is 11.8. The van der Waals surface area contributed by atoms with Crippen molar-refractivity contribution in [1.82, 2.24) is 0 Å². The summed E-state index contributed by atoms with van der Waals surface area (Å²) in [6, 6.07) is 16.9. The second-order valence-electron chi connectivity index (χ2n) is 5.67. The van der Waals surface area contributed by atoms with Gasteiger partial charge in [-0.05, 0) is 18.1 Å². The number of hydrogen-bond donors (Lipinski definition) is 1. The van der Waals surface area contributed by atoms with E-state index < -0.39 is 21.2 Å². The fourth-order valence-corrected chi connectivity index (χ4v) is 3.01. The fourth-order valence-electron chi connectivity index (χ4n) is 3.01. The van der Waals surface area contributed by atoms with Crippen LogP contribution in [0.4, 0.5) is 11.4 Å². The van der Waals surface area contributed by atoms with Gasteiger partial charge >= 0.3 is 11.4 Å². The zero-order valence-corrected chi connectivity index (χ0v) is 13.7. The Bertz CT molecular complexity index is 1000. The van der Waals surface area contributed by atoms with E-state index >= 15 is 0 Å². The zero-order chi connectivity index (χ0) is 18.8. The van der Waals surface area contributed by atoms with Crippen molar-refractivity contribution >= 4 is 11.4 Å². The molecule has 7 heteroatoms. The van der Waals surface area contributed by atoms with Crippen molar-refractivity contribution in [2.24, 2.45) is 0 Å². The molecule has 0 aliphatic rings. The largest absolute Gasteiger partial charge is 0.507 e. The van der Waals surface area contributed by atoms with Crippen molar-refractivity contribution in [1.29, 1.82) is 0 Å². The topological polar surface area (TPSA) is 107 Å². The molecule has 7 nitrogen and oxygen atoms in total. The second kappa shape index (κ2) is 6.64. The molecular formula is C19H14N2O5. The highest BCUT2D eigenvalue weighted by Crippen LogP contribution is 2.51. The predicted molar refractivity (Wildman–Crippen MR) is 97.0 cm³/mol. The molecule has 3 aromatic carbocycles. The number of nitro groups is 2. The molecule has 0 heterocycles. The van der Waals surface area contributed by atoms with Gasteiger partial charge in [-0.2, -0.15) is 0 Å². The average molecular weight is 350 g/mol. The minimum absolute atomic E-state index is 0.0246. The lowest BCUT2D eigenvalue weighted by Gasteiger charge is -2.15. The van der Waals surface area contributed by atoms with E-state index in [0.29, 0.717) is 11.1 Å². The van der Waals surface area contributed by atoms with Gasteiger partial charge < -0.3 is 5.11 Å². The summed E-state index contributed by atoms with van der Waals surface area (Å²) in [5.74, 6) is -0.340. The number of nitro benzene ring substituents is 2. The Balaban J connectivity index is 2.56. The number of benzene rings is 3. The standard InChI is InChI=1S/C19H14N2O5/c1-12-17(20(23)24)18(21(25)26)15(13-8-4-2-5-9-13)16(19(12)22)14-10-6-3-7-11-14/h2-11,22H,1H3. The van der Waals surface area contributed by atoms with Crippen molar-refractivity contribution in [3.63, 3.8) is 0 Å². The van der Waals surface area contributed by atoms with Gasteiger partial charge in [0.15, 0.2) is 0 Å². The van der Waals surface area contributed by atoms with Crippen LogP contribution in [0.15, 0.2) is 60.7 Å². The molecular weight excluding hydrogens is 336 g/mol. The van der Waals surface area contributed by atoms with Crippen molar-refractivity contribution in [3.8, 4) is 28.0 Å². The molecule has 0 spiro atoms. The highest BCUT2D eigenvalue weighted by Gasteiger charge is 2.37.